The van der Waals surface area contributed by atoms with Gasteiger partial charge in [-0.2, -0.15) is 0 Å². The standard InChI is InChI=1S/C49H53N/c1-13-32(46(3,4)5)23-22-31(2)50(34-26-24-33(25-27-34)47(6,7)8)44-30-43-45(37-20-15-14-19-36(37)44)39-29-41-38(28-42(39)49(43,11)12)35-18-16-17-21-40(35)48(41,9)10/h13-30H,2H2,1,3-12H3/b23-22-,32-13+. The van der Waals surface area contributed by atoms with E-state index in [0.717, 1.165) is 17.1 Å². The highest BCUT2D eigenvalue weighted by atomic mass is 15.1. The van der Waals surface area contributed by atoms with E-state index < -0.39 is 0 Å². The first kappa shape index (κ1) is 33.9. The largest absolute Gasteiger partial charge is 0.310 e. The summed E-state index contributed by atoms with van der Waals surface area (Å²) >= 11 is 0. The highest BCUT2D eigenvalue weighted by molar-refractivity contribution is 6.10. The molecule has 2 aliphatic rings. The number of hydrogen-bond acceptors (Lipinski definition) is 1. The van der Waals surface area contributed by atoms with Gasteiger partial charge in [0.2, 0.25) is 0 Å². The average molecular weight is 656 g/mol. The molecule has 0 amide bonds. The van der Waals surface area contributed by atoms with Crippen molar-refractivity contribution in [3.63, 3.8) is 0 Å². The Morgan fingerprint density at radius 3 is 1.84 bits per heavy atom. The van der Waals surface area contributed by atoms with Crippen molar-refractivity contribution in [1.82, 2.24) is 0 Å². The van der Waals surface area contributed by atoms with Crippen LogP contribution >= 0.6 is 0 Å². The van der Waals surface area contributed by atoms with E-state index in [0.29, 0.717) is 0 Å². The molecule has 1 nitrogen and oxygen atoms in total. The third-order valence-electron chi connectivity index (χ3n) is 11.5. The van der Waals surface area contributed by atoms with E-state index >= 15 is 0 Å². The zero-order chi connectivity index (χ0) is 36.0. The fourth-order valence-corrected chi connectivity index (χ4v) is 8.55. The van der Waals surface area contributed by atoms with E-state index in [1.54, 1.807) is 0 Å². The summed E-state index contributed by atoms with van der Waals surface area (Å²) in [7, 11) is 0. The molecule has 0 bridgehead atoms. The van der Waals surface area contributed by atoms with E-state index in [1.165, 1.54) is 66.4 Å². The predicted octanol–water partition coefficient (Wildman–Crippen LogP) is 14.0. The fraction of sp³-hybridized carbons (Fsp3) is 0.306. The Kier molecular flexibility index (Phi) is 7.76. The second-order valence-electron chi connectivity index (χ2n) is 17.6. The van der Waals surface area contributed by atoms with Gasteiger partial charge in [0.1, 0.15) is 0 Å². The molecule has 0 spiro atoms. The lowest BCUT2D eigenvalue weighted by molar-refractivity contribution is 0.516. The molecule has 5 aromatic rings. The zero-order valence-electron chi connectivity index (χ0n) is 32.0. The zero-order valence-corrected chi connectivity index (χ0v) is 32.0. The number of allylic oxidation sites excluding steroid dienone is 4. The van der Waals surface area contributed by atoms with Crippen LogP contribution in [0.4, 0.5) is 11.4 Å². The molecule has 2 aliphatic carbocycles. The van der Waals surface area contributed by atoms with E-state index in [1.807, 2.05) is 0 Å². The maximum atomic E-state index is 4.73. The molecule has 7 rings (SSSR count). The Hall–Kier alpha value is -4.62. The molecule has 0 fully saturated rings. The summed E-state index contributed by atoms with van der Waals surface area (Å²) in [6, 6.07) is 34.6. The molecule has 0 aromatic heterocycles. The predicted molar refractivity (Wildman–Crippen MR) is 218 cm³/mol. The first-order chi connectivity index (χ1) is 23.5. The molecule has 0 saturated carbocycles. The van der Waals surface area contributed by atoms with Crippen molar-refractivity contribution in [2.24, 2.45) is 5.41 Å². The molecule has 0 unspecified atom stereocenters. The average Bonchev–Trinajstić information content (AvgIpc) is 3.42. The summed E-state index contributed by atoms with van der Waals surface area (Å²) < 4.78 is 0. The van der Waals surface area contributed by atoms with Gasteiger partial charge >= 0.3 is 0 Å². The Balaban J connectivity index is 1.46. The summed E-state index contributed by atoms with van der Waals surface area (Å²) in [5.41, 5.74) is 16.8. The second-order valence-corrected chi connectivity index (χ2v) is 17.6. The summed E-state index contributed by atoms with van der Waals surface area (Å²) in [5.74, 6) is 0. The molecule has 0 N–H and O–H groups in total. The lowest BCUT2D eigenvalue weighted by Gasteiger charge is -2.31. The van der Waals surface area contributed by atoms with Crippen molar-refractivity contribution >= 4 is 22.1 Å². The third-order valence-corrected chi connectivity index (χ3v) is 11.5. The number of rotatable bonds is 5. The van der Waals surface area contributed by atoms with E-state index in [-0.39, 0.29) is 21.7 Å². The third kappa shape index (κ3) is 5.20. The highest BCUT2D eigenvalue weighted by Crippen LogP contribution is 2.58. The van der Waals surface area contributed by atoms with Crippen LogP contribution in [0.1, 0.15) is 104 Å². The lowest BCUT2D eigenvalue weighted by Crippen LogP contribution is -2.19. The van der Waals surface area contributed by atoms with Gasteiger partial charge in [0.25, 0.3) is 0 Å². The molecular formula is C49H53N. The quantitative estimate of drug-likeness (QED) is 0.170. The summed E-state index contributed by atoms with van der Waals surface area (Å²) in [5, 5.41) is 2.52. The van der Waals surface area contributed by atoms with Crippen LogP contribution in [-0.4, -0.2) is 0 Å². The molecule has 5 aromatic carbocycles. The minimum atomic E-state index is -0.191. The summed E-state index contributed by atoms with van der Waals surface area (Å²) in [6.07, 6.45) is 6.66. The number of anilines is 2. The van der Waals surface area contributed by atoms with E-state index in [4.69, 9.17) is 6.58 Å². The maximum Gasteiger partial charge on any atom is 0.0543 e. The van der Waals surface area contributed by atoms with Crippen LogP contribution in [0, 0.1) is 5.41 Å². The molecule has 1 heteroatoms. The van der Waals surface area contributed by atoms with Crippen LogP contribution < -0.4 is 4.90 Å². The van der Waals surface area contributed by atoms with Crippen LogP contribution in [0.25, 0.3) is 33.0 Å². The molecule has 50 heavy (non-hydrogen) atoms. The van der Waals surface area contributed by atoms with Crippen molar-refractivity contribution in [3.05, 3.63) is 155 Å². The number of fused-ring (bicyclic) bond motifs is 8. The van der Waals surface area contributed by atoms with Gasteiger partial charge in [-0.15, -0.1) is 0 Å². The van der Waals surface area contributed by atoms with Crippen molar-refractivity contribution in [2.45, 2.75) is 92.4 Å². The van der Waals surface area contributed by atoms with Crippen LogP contribution in [0.5, 0.6) is 0 Å². The summed E-state index contributed by atoms with van der Waals surface area (Å²) in [6.45, 7) is 30.1. The fourth-order valence-electron chi connectivity index (χ4n) is 8.55. The monoisotopic (exact) mass is 655 g/mol. The van der Waals surface area contributed by atoms with Crippen molar-refractivity contribution in [2.75, 3.05) is 4.90 Å². The maximum absolute atomic E-state index is 4.73. The minimum absolute atomic E-state index is 0.0378. The molecule has 0 atom stereocenters. The SMILES string of the molecule is C=C(/C=C\C(=C/C)C(C)(C)C)N(c1ccc(C(C)(C)C)cc1)c1cc2c(c3ccccc13)-c1cc3c(cc1C2(C)C)-c1ccccc1C3(C)C. The Morgan fingerprint density at radius 1 is 0.620 bits per heavy atom. The van der Waals surface area contributed by atoms with Gasteiger partial charge in [-0.1, -0.05) is 149 Å². The number of benzene rings is 5. The van der Waals surface area contributed by atoms with E-state index in [2.05, 4.69) is 190 Å². The van der Waals surface area contributed by atoms with Crippen LogP contribution in [0.15, 0.2) is 127 Å². The van der Waals surface area contributed by atoms with Crippen LogP contribution in [0.3, 0.4) is 0 Å². The summed E-state index contributed by atoms with van der Waals surface area (Å²) in [4.78, 5) is 2.37. The normalized spacial score (nSPS) is 15.9. The molecule has 0 radical (unpaired) electrons. The Morgan fingerprint density at radius 2 is 1.20 bits per heavy atom. The van der Waals surface area contributed by atoms with Gasteiger partial charge < -0.3 is 4.90 Å². The smallest absolute Gasteiger partial charge is 0.0543 e. The van der Waals surface area contributed by atoms with Crippen molar-refractivity contribution < 1.29 is 0 Å². The molecule has 0 saturated heterocycles. The Labute approximate surface area is 301 Å². The van der Waals surface area contributed by atoms with Crippen LogP contribution in [-0.2, 0) is 16.2 Å². The molecular weight excluding hydrogens is 603 g/mol. The van der Waals surface area contributed by atoms with Gasteiger partial charge in [0.15, 0.2) is 0 Å². The van der Waals surface area contributed by atoms with Crippen LogP contribution in [0.2, 0.25) is 0 Å². The molecule has 254 valence electrons. The van der Waals surface area contributed by atoms with E-state index in [9.17, 15) is 0 Å². The minimum Gasteiger partial charge on any atom is -0.310 e. The first-order valence-corrected chi connectivity index (χ1v) is 18.3. The van der Waals surface area contributed by atoms with Crippen molar-refractivity contribution in [3.8, 4) is 22.3 Å². The van der Waals surface area contributed by atoms with Gasteiger partial charge in [-0.3, -0.25) is 0 Å². The Bertz CT molecular complexity index is 2240. The molecule has 0 heterocycles. The van der Waals surface area contributed by atoms with Gasteiger partial charge in [0.05, 0.1) is 5.69 Å². The number of nitrogens with zero attached hydrogens (tertiary/aromatic N) is 1. The van der Waals surface area contributed by atoms with Gasteiger partial charge in [-0.05, 0) is 115 Å². The number of hydrogen-bond donors (Lipinski definition) is 0. The molecule has 0 aliphatic heterocycles. The topological polar surface area (TPSA) is 3.24 Å². The highest BCUT2D eigenvalue weighted by Gasteiger charge is 2.42. The van der Waals surface area contributed by atoms with Gasteiger partial charge in [0, 0.05) is 27.6 Å². The lowest BCUT2D eigenvalue weighted by atomic mass is 9.79. The van der Waals surface area contributed by atoms with Crippen molar-refractivity contribution in [1.29, 1.82) is 0 Å². The van der Waals surface area contributed by atoms with Gasteiger partial charge in [-0.25, -0.2) is 0 Å². The second kappa shape index (κ2) is 11.5. The first-order valence-electron chi connectivity index (χ1n) is 18.3.